The highest BCUT2D eigenvalue weighted by molar-refractivity contribution is 7.91. The summed E-state index contributed by atoms with van der Waals surface area (Å²) in [4.78, 5) is 9.76. The molecule has 0 aromatic heterocycles. The largest absolute Gasteiger partial charge is 0.325 e. The van der Waals surface area contributed by atoms with Crippen LogP contribution in [-0.2, 0) is 15.0 Å². The topological polar surface area (TPSA) is 75.3 Å². The molecular weight excluding hydrogens is 192 g/mol. The summed E-state index contributed by atoms with van der Waals surface area (Å²) in [5.41, 5.74) is 0.380. The minimum Gasteiger partial charge on any atom is -0.267 e. The molecule has 69 valence electrons. The first-order valence-corrected chi connectivity index (χ1v) is 4.84. The number of para-hydroxylation sites is 1. The molecule has 0 atom stereocenters. The minimum absolute atomic E-state index is 0.380. The van der Waals surface area contributed by atoms with Crippen LogP contribution < -0.4 is 9.44 Å². The van der Waals surface area contributed by atoms with Crippen molar-refractivity contribution in [2.24, 2.45) is 0 Å². The lowest BCUT2D eigenvalue weighted by molar-refractivity contribution is 0.548. The van der Waals surface area contributed by atoms with E-state index in [1.807, 2.05) is 0 Å². The monoisotopic (exact) mass is 199 g/mol. The van der Waals surface area contributed by atoms with Crippen LogP contribution in [-0.4, -0.2) is 14.8 Å². The summed E-state index contributed by atoms with van der Waals surface area (Å²) in [6.45, 7) is 0. The summed E-state index contributed by atoms with van der Waals surface area (Å²) >= 11 is 0. The number of amides is 1. The summed E-state index contributed by atoms with van der Waals surface area (Å²) in [6, 6.07) is 8.20. The van der Waals surface area contributed by atoms with E-state index >= 15 is 0 Å². The Kier molecular flexibility index (Phi) is 2.86. The van der Waals surface area contributed by atoms with Gasteiger partial charge < -0.3 is 0 Å². The number of hydrogen-bond donors (Lipinski definition) is 2. The van der Waals surface area contributed by atoms with Crippen LogP contribution in [0, 0.1) is 0 Å². The molecule has 0 saturated heterocycles. The lowest BCUT2D eigenvalue weighted by Crippen LogP contribution is -2.28. The fourth-order valence-corrected chi connectivity index (χ4v) is 1.35. The second kappa shape index (κ2) is 3.90. The van der Waals surface area contributed by atoms with Gasteiger partial charge >= 0.3 is 16.6 Å². The highest BCUT2D eigenvalue weighted by Crippen LogP contribution is 2.05. The molecule has 6 heteroatoms. The molecule has 1 rings (SSSR count). The molecule has 0 spiro atoms. The number of nitrogens with one attached hydrogen (secondary N) is 2. The van der Waals surface area contributed by atoms with Gasteiger partial charge in [-0.3, -0.25) is 9.52 Å². The zero-order chi connectivity index (χ0) is 9.73. The van der Waals surface area contributed by atoms with Gasteiger partial charge in [-0.05, 0) is 12.1 Å². The first kappa shape index (κ1) is 9.53. The Hall–Kier alpha value is -1.56. The zero-order valence-electron chi connectivity index (χ0n) is 6.52. The van der Waals surface area contributed by atoms with Crippen molar-refractivity contribution in [2.45, 2.75) is 0 Å². The fraction of sp³-hybridized carbons (Fsp3) is 0. The summed E-state index contributed by atoms with van der Waals surface area (Å²) in [5.74, 6) is 0. The predicted molar refractivity (Wildman–Crippen MR) is 47.8 cm³/mol. The zero-order valence-corrected chi connectivity index (χ0v) is 7.34. The number of rotatable bonds is 4. The Morgan fingerprint density at radius 3 is 2.31 bits per heavy atom. The van der Waals surface area contributed by atoms with Gasteiger partial charge in [-0.25, -0.2) is 4.72 Å². The highest BCUT2D eigenvalue weighted by atomic mass is 32.2. The SMILES string of the molecule is O=[C]NS(=O)(=O)Nc1ccccc1. The van der Waals surface area contributed by atoms with E-state index in [0.29, 0.717) is 5.69 Å². The predicted octanol–water partition coefficient (Wildman–Crippen LogP) is 0.0001000. The fourth-order valence-electron chi connectivity index (χ4n) is 0.742. The van der Waals surface area contributed by atoms with Crippen molar-refractivity contribution >= 4 is 22.3 Å². The van der Waals surface area contributed by atoms with Crippen LogP contribution in [0.2, 0.25) is 0 Å². The standard InChI is InChI=1S/C7H7N2O3S/c10-6-8-13(11,12)9-7-4-2-1-3-5-7/h1-5,9H,(H,8,10). The Morgan fingerprint density at radius 1 is 1.15 bits per heavy atom. The lowest BCUT2D eigenvalue weighted by Gasteiger charge is -2.04. The molecule has 0 heterocycles. The van der Waals surface area contributed by atoms with Crippen molar-refractivity contribution in [1.29, 1.82) is 0 Å². The Balaban J connectivity index is 2.75. The van der Waals surface area contributed by atoms with Crippen molar-refractivity contribution in [3.05, 3.63) is 30.3 Å². The van der Waals surface area contributed by atoms with E-state index in [1.54, 1.807) is 30.3 Å². The van der Waals surface area contributed by atoms with Gasteiger partial charge in [0.2, 0.25) is 0 Å². The van der Waals surface area contributed by atoms with Gasteiger partial charge in [0.05, 0.1) is 5.69 Å². The van der Waals surface area contributed by atoms with E-state index in [1.165, 1.54) is 4.72 Å². The number of hydrogen-bond acceptors (Lipinski definition) is 3. The molecule has 0 aliphatic carbocycles. The normalized spacial score (nSPS) is 10.5. The Morgan fingerprint density at radius 2 is 1.77 bits per heavy atom. The Bertz CT molecular complexity index is 374. The van der Waals surface area contributed by atoms with Crippen molar-refractivity contribution < 1.29 is 13.2 Å². The van der Waals surface area contributed by atoms with Crippen LogP contribution in [0.15, 0.2) is 30.3 Å². The molecule has 0 aliphatic rings. The molecular formula is C7H7N2O3S. The first-order chi connectivity index (χ1) is 6.14. The third kappa shape index (κ3) is 3.12. The second-order valence-electron chi connectivity index (χ2n) is 2.18. The van der Waals surface area contributed by atoms with E-state index in [2.05, 4.69) is 4.72 Å². The van der Waals surface area contributed by atoms with Crippen molar-refractivity contribution in [3.63, 3.8) is 0 Å². The van der Waals surface area contributed by atoms with Crippen LogP contribution in [0.3, 0.4) is 0 Å². The van der Waals surface area contributed by atoms with Crippen LogP contribution in [0.4, 0.5) is 5.69 Å². The summed E-state index contributed by atoms with van der Waals surface area (Å²) < 4.78 is 25.5. The van der Waals surface area contributed by atoms with E-state index in [9.17, 15) is 13.2 Å². The number of benzene rings is 1. The average molecular weight is 199 g/mol. The molecule has 0 saturated carbocycles. The third-order valence-corrected chi connectivity index (χ3v) is 2.06. The van der Waals surface area contributed by atoms with Gasteiger partial charge in [0, 0.05) is 0 Å². The molecule has 2 N–H and O–H groups in total. The van der Waals surface area contributed by atoms with Crippen LogP contribution in [0.5, 0.6) is 0 Å². The van der Waals surface area contributed by atoms with Crippen LogP contribution >= 0.6 is 0 Å². The molecule has 13 heavy (non-hydrogen) atoms. The van der Waals surface area contributed by atoms with Crippen LogP contribution in [0.25, 0.3) is 0 Å². The maximum absolute atomic E-state index is 10.9. The van der Waals surface area contributed by atoms with Gasteiger partial charge in [0.1, 0.15) is 0 Å². The van der Waals surface area contributed by atoms with Gasteiger partial charge in [-0.1, -0.05) is 18.2 Å². The molecule has 1 aromatic rings. The van der Waals surface area contributed by atoms with Gasteiger partial charge in [0.25, 0.3) is 0 Å². The average Bonchev–Trinajstić information content (AvgIpc) is 2.04. The number of carbonyl (C=O) groups excluding carboxylic acids is 1. The van der Waals surface area contributed by atoms with E-state index in [-0.39, 0.29) is 0 Å². The number of anilines is 1. The van der Waals surface area contributed by atoms with Gasteiger partial charge in [-0.2, -0.15) is 8.42 Å². The smallest absolute Gasteiger partial charge is 0.267 e. The summed E-state index contributed by atoms with van der Waals surface area (Å²) in [7, 11) is -3.81. The van der Waals surface area contributed by atoms with Crippen molar-refractivity contribution in [1.82, 2.24) is 4.72 Å². The van der Waals surface area contributed by atoms with E-state index < -0.39 is 10.2 Å². The Labute approximate surface area is 76.0 Å². The van der Waals surface area contributed by atoms with Crippen molar-refractivity contribution in [3.8, 4) is 0 Å². The third-order valence-electron chi connectivity index (χ3n) is 1.20. The maximum Gasteiger partial charge on any atom is 0.325 e. The molecule has 5 nitrogen and oxygen atoms in total. The quantitative estimate of drug-likeness (QED) is 0.670. The maximum atomic E-state index is 10.9. The molecule has 0 bridgehead atoms. The molecule has 1 amide bonds. The molecule has 0 unspecified atom stereocenters. The molecule has 1 radical (unpaired) electrons. The first-order valence-electron chi connectivity index (χ1n) is 3.36. The minimum atomic E-state index is -3.81. The highest BCUT2D eigenvalue weighted by Gasteiger charge is 2.06. The second-order valence-corrected chi connectivity index (χ2v) is 3.59. The van der Waals surface area contributed by atoms with Gasteiger partial charge in [0.15, 0.2) is 0 Å². The van der Waals surface area contributed by atoms with Crippen molar-refractivity contribution in [2.75, 3.05) is 4.72 Å². The molecule has 0 fully saturated rings. The van der Waals surface area contributed by atoms with Gasteiger partial charge in [-0.15, -0.1) is 0 Å². The summed E-state index contributed by atoms with van der Waals surface area (Å²) in [5, 5.41) is 0. The van der Waals surface area contributed by atoms with E-state index in [0.717, 1.165) is 6.41 Å². The molecule has 0 aliphatic heterocycles. The van der Waals surface area contributed by atoms with E-state index in [4.69, 9.17) is 0 Å². The summed E-state index contributed by atoms with van der Waals surface area (Å²) in [6.07, 6.45) is 1.08. The van der Waals surface area contributed by atoms with Crippen LogP contribution in [0.1, 0.15) is 0 Å². The lowest BCUT2D eigenvalue weighted by atomic mass is 10.3. The molecule has 1 aromatic carbocycles.